The lowest BCUT2D eigenvalue weighted by Gasteiger charge is -2.16. The fourth-order valence-corrected chi connectivity index (χ4v) is 1.26. The van der Waals surface area contributed by atoms with Crippen LogP contribution in [0.15, 0.2) is 0 Å². The highest BCUT2D eigenvalue weighted by Crippen LogP contribution is 2.32. The second kappa shape index (κ2) is 5.92. The van der Waals surface area contributed by atoms with Gasteiger partial charge in [0.1, 0.15) is 6.04 Å². The first-order valence-corrected chi connectivity index (χ1v) is 4.85. The summed E-state index contributed by atoms with van der Waals surface area (Å²) in [5, 5.41) is 11.3. The third kappa shape index (κ3) is 4.05. The smallest absolute Gasteiger partial charge is 0.326 e. The largest absolute Gasteiger partial charge is 0.480 e. The molecule has 88 valence electrons. The van der Waals surface area contributed by atoms with Gasteiger partial charge in [-0.05, 0) is 25.2 Å². The number of hydrogen-bond acceptors (Lipinski definition) is 3. The summed E-state index contributed by atoms with van der Waals surface area (Å²) in [6.07, 6.45) is 2.26. The Morgan fingerprint density at radius 2 is 2.07 bits per heavy atom. The molecule has 1 rings (SSSR count). The Morgan fingerprint density at radius 1 is 1.53 bits per heavy atom. The molecule has 4 N–H and O–H groups in total. The molecule has 2 atom stereocenters. The van der Waals surface area contributed by atoms with E-state index >= 15 is 0 Å². The topological polar surface area (TPSA) is 92.4 Å². The van der Waals surface area contributed by atoms with E-state index in [4.69, 9.17) is 10.8 Å². The van der Waals surface area contributed by atoms with Crippen LogP contribution >= 0.6 is 12.4 Å². The Bertz CT molecular complexity index is 244. The molecule has 1 amide bonds. The summed E-state index contributed by atoms with van der Waals surface area (Å²) < 4.78 is 0. The zero-order chi connectivity index (χ0) is 10.7. The van der Waals surface area contributed by atoms with Crippen LogP contribution in [0.3, 0.4) is 0 Å². The summed E-state index contributed by atoms with van der Waals surface area (Å²) in [5.41, 5.74) is 5.48. The molecule has 1 fully saturated rings. The minimum atomic E-state index is -0.968. The Hall–Kier alpha value is -0.810. The van der Waals surface area contributed by atoms with Crippen molar-refractivity contribution in [2.24, 2.45) is 11.7 Å². The number of amides is 1. The molecule has 0 aromatic carbocycles. The van der Waals surface area contributed by atoms with E-state index in [0.29, 0.717) is 6.42 Å². The molecule has 15 heavy (non-hydrogen) atoms. The molecule has 2 unspecified atom stereocenters. The van der Waals surface area contributed by atoms with Gasteiger partial charge in [-0.2, -0.15) is 0 Å². The number of halogens is 1. The monoisotopic (exact) mass is 236 g/mol. The molecule has 0 radical (unpaired) electrons. The van der Waals surface area contributed by atoms with Crippen molar-refractivity contribution >= 4 is 24.3 Å². The maximum absolute atomic E-state index is 11.3. The molecule has 0 aliphatic heterocycles. The molecule has 0 saturated heterocycles. The van der Waals surface area contributed by atoms with E-state index in [1.165, 1.54) is 0 Å². The van der Waals surface area contributed by atoms with Crippen LogP contribution in [0.1, 0.15) is 26.2 Å². The van der Waals surface area contributed by atoms with E-state index in [9.17, 15) is 9.59 Å². The van der Waals surface area contributed by atoms with E-state index in [0.717, 1.165) is 12.8 Å². The van der Waals surface area contributed by atoms with Crippen molar-refractivity contribution in [3.63, 3.8) is 0 Å². The maximum atomic E-state index is 11.3. The van der Waals surface area contributed by atoms with E-state index in [2.05, 4.69) is 5.32 Å². The molecular formula is C9H17ClN2O3. The lowest BCUT2D eigenvalue weighted by molar-refractivity contribution is -0.142. The average molecular weight is 237 g/mol. The molecule has 0 bridgehead atoms. The molecule has 1 saturated carbocycles. The maximum Gasteiger partial charge on any atom is 0.326 e. The molecule has 0 spiro atoms. The highest BCUT2D eigenvalue weighted by molar-refractivity contribution is 5.87. The number of nitrogens with two attached hydrogens (primary N) is 1. The number of nitrogens with one attached hydrogen (secondary N) is 1. The van der Waals surface area contributed by atoms with Crippen molar-refractivity contribution in [3.8, 4) is 0 Å². The number of carbonyl (C=O) groups is 2. The van der Waals surface area contributed by atoms with Gasteiger partial charge in [0.25, 0.3) is 0 Å². The van der Waals surface area contributed by atoms with Crippen LogP contribution in [-0.2, 0) is 9.59 Å². The molecule has 0 aromatic rings. The first-order valence-electron chi connectivity index (χ1n) is 4.85. The van der Waals surface area contributed by atoms with Crippen LogP contribution in [0.5, 0.6) is 0 Å². The van der Waals surface area contributed by atoms with E-state index in [1.54, 1.807) is 6.92 Å². The normalized spacial score (nSPS) is 18.5. The fraction of sp³-hybridized carbons (Fsp3) is 0.778. The lowest BCUT2D eigenvalue weighted by atomic mass is 10.1. The molecule has 1 aliphatic carbocycles. The number of hydrogen-bond donors (Lipinski definition) is 3. The summed E-state index contributed by atoms with van der Waals surface area (Å²) in [4.78, 5) is 22.1. The number of carboxylic acid groups (broad SMARTS) is 1. The van der Waals surface area contributed by atoms with Crippen LogP contribution in [-0.4, -0.2) is 29.1 Å². The van der Waals surface area contributed by atoms with Crippen molar-refractivity contribution in [2.45, 2.75) is 38.3 Å². The molecule has 5 nitrogen and oxygen atoms in total. The molecule has 0 aromatic heterocycles. The first-order chi connectivity index (χ1) is 6.56. The third-order valence-corrected chi connectivity index (χ3v) is 2.43. The van der Waals surface area contributed by atoms with Crippen LogP contribution < -0.4 is 11.1 Å². The SMILES string of the molecule is CCC(N)C(=O)NC(C(=O)O)C1CC1.Cl. The number of carbonyl (C=O) groups excluding carboxylic acids is 1. The average Bonchev–Trinajstić information content (AvgIpc) is 2.95. The fourth-order valence-electron chi connectivity index (χ4n) is 1.26. The summed E-state index contributed by atoms with van der Waals surface area (Å²) in [6, 6.07) is -1.35. The van der Waals surface area contributed by atoms with Crippen LogP contribution in [0.4, 0.5) is 0 Å². The van der Waals surface area contributed by atoms with Gasteiger partial charge in [0.05, 0.1) is 6.04 Å². The molecule has 6 heteroatoms. The van der Waals surface area contributed by atoms with Crippen LogP contribution in [0.2, 0.25) is 0 Å². The van der Waals surface area contributed by atoms with Gasteiger partial charge in [-0.25, -0.2) is 4.79 Å². The van der Waals surface area contributed by atoms with Gasteiger partial charge < -0.3 is 16.2 Å². The Balaban J connectivity index is 0.00000196. The first kappa shape index (κ1) is 14.2. The Kier molecular flexibility index (Phi) is 5.60. The minimum absolute atomic E-state index is 0. The van der Waals surface area contributed by atoms with Crippen molar-refractivity contribution in [1.82, 2.24) is 5.32 Å². The summed E-state index contributed by atoms with van der Waals surface area (Å²) in [5.74, 6) is -1.24. The van der Waals surface area contributed by atoms with Gasteiger partial charge in [-0.3, -0.25) is 4.79 Å². The van der Waals surface area contributed by atoms with Crippen molar-refractivity contribution < 1.29 is 14.7 Å². The zero-order valence-electron chi connectivity index (χ0n) is 8.60. The van der Waals surface area contributed by atoms with Crippen LogP contribution in [0.25, 0.3) is 0 Å². The number of rotatable bonds is 5. The van der Waals surface area contributed by atoms with Crippen LogP contribution in [0, 0.1) is 5.92 Å². The number of aliphatic carboxylic acids is 1. The van der Waals surface area contributed by atoms with Gasteiger partial charge in [-0.1, -0.05) is 6.92 Å². The van der Waals surface area contributed by atoms with E-state index < -0.39 is 18.1 Å². The van der Waals surface area contributed by atoms with Gasteiger partial charge >= 0.3 is 5.97 Å². The second-order valence-corrected chi connectivity index (χ2v) is 3.68. The lowest BCUT2D eigenvalue weighted by Crippen LogP contribution is -2.49. The van der Waals surface area contributed by atoms with Crippen molar-refractivity contribution in [2.75, 3.05) is 0 Å². The van der Waals surface area contributed by atoms with Crippen molar-refractivity contribution in [3.05, 3.63) is 0 Å². The Morgan fingerprint density at radius 3 is 2.40 bits per heavy atom. The summed E-state index contributed by atoms with van der Waals surface area (Å²) >= 11 is 0. The molecular weight excluding hydrogens is 220 g/mol. The van der Waals surface area contributed by atoms with E-state index in [1.807, 2.05) is 0 Å². The molecule has 0 heterocycles. The standard InChI is InChI=1S/C9H16N2O3.ClH/c1-2-6(10)8(12)11-7(9(13)14)5-3-4-5;/h5-7H,2-4,10H2,1H3,(H,11,12)(H,13,14);1H. The van der Waals surface area contributed by atoms with Crippen molar-refractivity contribution in [1.29, 1.82) is 0 Å². The Labute approximate surface area is 94.8 Å². The van der Waals surface area contributed by atoms with Gasteiger partial charge in [0, 0.05) is 0 Å². The predicted octanol–water partition coefficient (Wildman–Crippen LogP) is 0.125. The third-order valence-electron chi connectivity index (χ3n) is 2.43. The second-order valence-electron chi connectivity index (χ2n) is 3.68. The highest BCUT2D eigenvalue weighted by atomic mass is 35.5. The van der Waals surface area contributed by atoms with E-state index in [-0.39, 0.29) is 24.2 Å². The quantitative estimate of drug-likeness (QED) is 0.633. The summed E-state index contributed by atoms with van der Waals surface area (Å²) in [7, 11) is 0. The minimum Gasteiger partial charge on any atom is -0.480 e. The van der Waals surface area contributed by atoms with Gasteiger partial charge in [0.2, 0.25) is 5.91 Å². The summed E-state index contributed by atoms with van der Waals surface area (Å²) in [6.45, 7) is 1.79. The van der Waals surface area contributed by atoms with Gasteiger partial charge in [0.15, 0.2) is 0 Å². The predicted molar refractivity (Wildman–Crippen MR) is 57.8 cm³/mol. The number of carboxylic acids is 1. The van der Waals surface area contributed by atoms with Gasteiger partial charge in [-0.15, -0.1) is 12.4 Å². The molecule has 1 aliphatic rings. The highest BCUT2D eigenvalue weighted by Gasteiger charge is 2.37. The zero-order valence-corrected chi connectivity index (χ0v) is 9.42.